The number of rotatable bonds is 5. The van der Waals surface area contributed by atoms with Crippen LogP contribution in [-0.4, -0.2) is 29.7 Å². The fourth-order valence-corrected chi connectivity index (χ4v) is 2.67. The minimum Gasteiger partial charge on any atom is -0.393 e. The minimum absolute atomic E-state index is 0.0336. The normalized spacial score (nSPS) is 23.4. The second-order valence-electron chi connectivity index (χ2n) is 6.08. The van der Waals surface area contributed by atoms with Gasteiger partial charge in [-0.05, 0) is 42.9 Å². The molecular weight excluding hydrogens is 222 g/mol. The number of hydrogen-bond donors (Lipinski definition) is 1. The average Bonchev–Trinajstić information content (AvgIpc) is 2.27. The van der Waals surface area contributed by atoms with E-state index in [2.05, 4.69) is 50.1 Å². The highest BCUT2D eigenvalue weighted by molar-refractivity contribution is 5.24. The van der Waals surface area contributed by atoms with E-state index in [0.29, 0.717) is 11.8 Å². The van der Waals surface area contributed by atoms with E-state index >= 15 is 0 Å². The molecule has 2 heteroatoms. The van der Waals surface area contributed by atoms with Gasteiger partial charge < -0.3 is 10.0 Å². The zero-order valence-electron chi connectivity index (χ0n) is 11.8. The maximum Gasteiger partial charge on any atom is 0.0546 e. The molecule has 0 bridgehead atoms. The van der Waals surface area contributed by atoms with Gasteiger partial charge in [-0.3, -0.25) is 0 Å². The van der Waals surface area contributed by atoms with Crippen LogP contribution in [0.1, 0.15) is 43.7 Å². The summed E-state index contributed by atoms with van der Waals surface area (Å²) in [6, 6.07) is 8.95. The topological polar surface area (TPSA) is 23.5 Å². The first-order valence-electron chi connectivity index (χ1n) is 7.00. The van der Waals surface area contributed by atoms with Crippen LogP contribution in [0.15, 0.2) is 24.3 Å². The first kappa shape index (κ1) is 13.6. The Morgan fingerprint density at radius 3 is 2.33 bits per heavy atom. The van der Waals surface area contributed by atoms with Gasteiger partial charge in [-0.1, -0.05) is 38.1 Å². The van der Waals surface area contributed by atoms with Gasteiger partial charge in [0.05, 0.1) is 6.10 Å². The molecule has 2 rings (SSSR count). The summed E-state index contributed by atoms with van der Waals surface area (Å²) in [7, 11) is 2.17. The molecule has 1 aliphatic rings. The van der Waals surface area contributed by atoms with E-state index < -0.39 is 0 Å². The lowest BCUT2D eigenvalue weighted by Gasteiger charge is -2.34. The number of nitrogens with zero attached hydrogens (tertiary/aromatic N) is 1. The highest BCUT2D eigenvalue weighted by Gasteiger charge is 2.27. The fraction of sp³-hybridized carbons (Fsp3) is 0.625. The van der Waals surface area contributed by atoms with Crippen molar-refractivity contribution >= 4 is 0 Å². The molecule has 1 aromatic rings. The van der Waals surface area contributed by atoms with Gasteiger partial charge in [0.25, 0.3) is 0 Å². The molecular formula is C16H25NO. The van der Waals surface area contributed by atoms with E-state index in [9.17, 15) is 5.11 Å². The quantitative estimate of drug-likeness (QED) is 0.864. The molecule has 1 aliphatic carbocycles. The average molecular weight is 247 g/mol. The third-order valence-electron chi connectivity index (χ3n) is 3.88. The third kappa shape index (κ3) is 3.56. The monoisotopic (exact) mass is 247 g/mol. The lowest BCUT2D eigenvalue weighted by atomic mass is 9.82. The molecule has 1 saturated carbocycles. The van der Waals surface area contributed by atoms with Crippen molar-refractivity contribution in [1.29, 1.82) is 0 Å². The maximum atomic E-state index is 9.28. The summed E-state index contributed by atoms with van der Waals surface area (Å²) in [4.78, 5) is 2.36. The SMILES string of the molecule is CC(C)c1ccc(CN(C)CC2CC(O)C2)cc1. The third-order valence-corrected chi connectivity index (χ3v) is 3.88. The maximum absolute atomic E-state index is 9.28. The largest absolute Gasteiger partial charge is 0.393 e. The van der Waals surface area contributed by atoms with Gasteiger partial charge in [-0.25, -0.2) is 0 Å². The number of benzene rings is 1. The number of aliphatic hydroxyl groups excluding tert-OH is 1. The molecule has 0 radical (unpaired) electrons. The van der Waals surface area contributed by atoms with Crippen LogP contribution in [0.25, 0.3) is 0 Å². The summed E-state index contributed by atoms with van der Waals surface area (Å²) in [5.74, 6) is 1.30. The van der Waals surface area contributed by atoms with Gasteiger partial charge in [-0.15, -0.1) is 0 Å². The molecule has 0 heterocycles. The van der Waals surface area contributed by atoms with E-state index in [1.165, 1.54) is 11.1 Å². The predicted octanol–water partition coefficient (Wildman–Crippen LogP) is 3.01. The molecule has 100 valence electrons. The van der Waals surface area contributed by atoms with Crippen LogP contribution in [0.3, 0.4) is 0 Å². The van der Waals surface area contributed by atoms with Crippen molar-refractivity contribution in [3.8, 4) is 0 Å². The van der Waals surface area contributed by atoms with Crippen molar-refractivity contribution in [1.82, 2.24) is 4.90 Å². The van der Waals surface area contributed by atoms with Crippen LogP contribution in [0, 0.1) is 5.92 Å². The molecule has 18 heavy (non-hydrogen) atoms. The second-order valence-corrected chi connectivity index (χ2v) is 6.08. The van der Waals surface area contributed by atoms with E-state index in [1.807, 2.05) is 0 Å². The van der Waals surface area contributed by atoms with Crippen molar-refractivity contribution in [2.45, 2.75) is 45.3 Å². The molecule has 2 nitrogen and oxygen atoms in total. The van der Waals surface area contributed by atoms with Crippen LogP contribution in [-0.2, 0) is 6.54 Å². The smallest absolute Gasteiger partial charge is 0.0546 e. The molecule has 0 spiro atoms. The van der Waals surface area contributed by atoms with Crippen LogP contribution in [0.4, 0.5) is 0 Å². The Morgan fingerprint density at radius 1 is 1.22 bits per heavy atom. The molecule has 0 saturated heterocycles. The van der Waals surface area contributed by atoms with Crippen LogP contribution in [0.5, 0.6) is 0 Å². The van der Waals surface area contributed by atoms with E-state index in [-0.39, 0.29) is 6.10 Å². The van der Waals surface area contributed by atoms with Crippen molar-refractivity contribution in [3.05, 3.63) is 35.4 Å². The predicted molar refractivity (Wildman–Crippen MR) is 75.6 cm³/mol. The first-order chi connectivity index (χ1) is 8.54. The number of aliphatic hydroxyl groups is 1. The van der Waals surface area contributed by atoms with Gasteiger partial charge >= 0.3 is 0 Å². The molecule has 0 unspecified atom stereocenters. The summed E-state index contributed by atoms with van der Waals surface area (Å²) < 4.78 is 0. The van der Waals surface area contributed by atoms with Crippen molar-refractivity contribution in [2.75, 3.05) is 13.6 Å². The van der Waals surface area contributed by atoms with Crippen LogP contribution >= 0.6 is 0 Å². The van der Waals surface area contributed by atoms with E-state index in [4.69, 9.17) is 0 Å². The molecule has 1 aromatic carbocycles. The Balaban J connectivity index is 1.81. The molecule has 0 atom stereocenters. The Kier molecular flexibility index (Phi) is 4.41. The number of hydrogen-bond acceptors (Lipinski definition) is 2. The van der Waals surface area contributed by atoms with Gasteiger partial charge in [0.15, 0.2) is 0 Å². The van der Waals surface area contributed by atoms with Crippen molar-refractivity contribution in [3.63, 3.8) is 0 Å². The second kappa shape index (κ2) is 5.85. The zero-order valence-corrected chi connectivity index (χ0v) is 11.8. The molecule has 1 fully saturated rings. The molecule has 0 aliphatic heterocycles. The van der Waals surface area contributed by atoms with E-state index in [1.54, 1.807) is 0 Å². The van der Waals surface area contributed by atoms with E-state index in [0.717, 1.165) is 25.9 Å². The zero-order chi connectivity index (χ0) is 13.1. The lowest BCUT2D eigenvalue weighted by molar-refractivity contribution is 0.0274. The fourth-order valence-electron chi connectivity index (χ4n) is 2.67. The summed E-state index contributed by atoms with van der Waals surface area (Å²) in [6.45, 7) is 6.56. The van der Waals surface area contributed by atoms with Gasteiger partial charge in [0.2, 0.25) is 0 Å². The highest BCUT2D eigenvalue weighted by Crippen LogP contribution is 2.28. The van der Waals surface area contributed by atoms with Crippen LogP contribution in [0.2, 0.25) is 0 Å². The first-order valence-corrected chi connectivity index (χ1v) is 7.00. The van der Waals surface area contributed by atoms with Crippen LogP contribution < -0.4 is 0 Å². The lowest BCUT2D eigenvalue weighted by Crippen LogP contribution is -2.36. The Morgan fingerprint density at radius 2 is 1.83 bits per heavy atom. The standard InChI is InChI=1S/C16H25NO/c1-12(2)15-6-4-13(5-7-15)10-17(3)11-14-8-16(18)9-14/h4-7,12,14,16,18H,8-11H2,1-3H3. The van der Waals surface area contributed by atoms with Gasteiger partial charge in [0.1, 0.15) is 0 Å². The Labute approximate surface area is 111 Å². The summed E-state index contributed by atoms with van der Waals surface area (Å²) in [6.07, 6.45) is 1.93. The molecule has 0 amide bonds. The Hall–Kier alpha value is -0.860. The Bertz CT molecular complexity index is 365. The molecule has 0 aromatic heterocycles. The van der Waals surface area contributed by atoms with Gasteiger partial charge in [0, 0.05) is 13.1 Å². The molecule has 1 N–H and O–H groups in total. The highest BCUT2D eigenvalue weighted by atomic mass is 16.3. The summed E-state index contributed by atoms with van der Waals surface area (Å²) >= 11 is 0. The van der Waals surface area contributed by atoms with Gasteiger partial charge in [-0.2, -0.15) is 0 Å². The minimum atomic E-state index is -0.0336. The summed E-state index contributed by atoms with van der Waals surface area (Å²) in [5.41, 5.74) is 2.78. The summed E-state index contributed by atoms with van der Waals surface area (Å²) in [5, 5.41) is 9.28. The van der Waals surface area contributed by atoms with Crippen molar-refractivity contribution in [2.24, 2.45) is 5.92 Å². The van der Waals surface area contributed by atoms with Crippen molar-refractivity contribution < 1.29 is 5.11 Å².